The van der Waals surface area contributed by atoms with Crippen LogP contribution in [0.3, 0.4) is 0 Å². The molecule has 1 amide bonds. The third kappa shape index (κ3) is 2.74. The molecule has 0 saturated carbocycles. The monoisotopic (exact) mass is 297 g/mol. The van der Waals surface area contributed by atoms with Crippen LogP contribution in [0.2, 0.25) is 0 Å². The van der Waals surface area contributed by atoms with Gasteiger partial charge in [0.15, 0.2) is 0 Å². The summed E-state index contributed by atoms with van der Waals surface area (Å²) >= 11 is 0. The van der Waals surface area contributed by atoms with E-state index in [9.17, 15) is 4.79 Å². The number of nitrogens with zero attached hydrogens (tertiary/aromatic N) is 2. The van der Waals surface area contributed by atoms with Gasteiger partial charge in [0, 0.05) is 44.4 Å². The van der Waals surface area contributed by atoms with Crippen LogP contribution in [0.15, 0.2) is 18.5 Å². The van der Waals surface area contributed by atoms with E-state index in [0.29, 0.717) is 11.3 Å². The fraction of sp³-hybridized carbons (Fsp3) is 0.571. The molecule has 0 radical (unpaired) electrons. The van der Waals surface area contributed by atoms with Gasteiger partial charge in [0.1, 0.15) is 0 Å². The molecule has 3 rings (SSSR count). The van der Waals surface area contributed by atoms with E-state index in [4.69, 9.17) is 10.5 Å². The molecular formula is C14H20ClN3O2. The number of aromatic nitrogens is 1. The first-order valence-corrected chi connectivity index (χ1v) is 6.77. The van der Waals surface area contributed by atoms with Crippen LogP contribution in [0.4, 0.5) is 5.69 Å². The summed E-state index contributed by atoms with van der Waals surface area (Å²) in [5, 5.41) is 0. The topological polar surface area (TPSA) is 68.5 Å². The Morgan fingerprint density at radius 2 is 2.10 bits per heavy atom. The number of anilines is 1. The molecule has 0 atom stereocenters. The summed E-state index contributed by atoms with van der Waals surface area (Å²) in [6.07, 6.45) is 6.35. The Morgan fingerprint density at radius 3 is 2.80 bits per heavy atom. The molecule has 2 N–H and O–H groups in total. The highest BCUT2D eigenvalue weighted by molar-refractivity contribution is 5.98. The van der Waals surface area contributed by atoms with Gasteiger partial charge in [-0.2, -0.15) is 0 Å². The number of nitrogens with two attached hydrogens (primary N) is 1. The Bertz CT molecular complexity index is 489. The first-order chi connectivity index (χ1) is 9.20. The minimum Gasteiger partial charge on any atom is -0.398 e. The highest BCUT2D eigenvalue weighted by atomic mass is 35.5. The number of hydrogen-bond donors (Lipinski definition) is 1. The normalized spacial score (nSPS) is 20.7. The molecule has 2 fully saturated rings. The number of likely N-dealkylation sites (tertiary alicyclic amines) is 1. The number of halogens is 1. The van der Waals surface area contributed by atoms with Gasteiger partial charge in [0.05, 0.1) is 5.56 Å². The molecule has 110 valence electrons. The van der Waals surface area contributed by atoms with Crippen molar-refractivity contribution in [3.8, 4) is 0 Å². The summed E-state index contributed by atoms with van der Waals surface area (Å²) in [6, 6.07) is 1.67. The number of amides is 1. The van der Waals surface area contributed by atoms with E-state index in [1.807, 2.05) is 4.90 Å². The van der Waals surface area contributed by atoms with Crippen molar-refractivity contribution in [2.45, 2.75) is 19.3 Å². The van der Waals surface area contributed by atoms with E-state index in [1.165, 1.54) is 0 Å². The van der Waals surface area contributed by atoms with Crippen LogP contribution in [-0.2, 0) is 4.74 Å². The SMILES string of the molecule is Cl.Nc1ccncc1C(=O)N1CCC2(CCOCC2)C1. The number of ether oxygens (including phenoxy) is 1. The largest absolute Gasteiger partial charge is 0.398 e. The zero-order chi connectivity index (χ0) is 13.3. The molecule has 2 aliphatic heterocycles. The number of hydrogen-bond acceptors (Lipinski definition) is 4. The van der Waals surface area contributed by atoms with E-state index in [0.717, 1.165) is 45.6 Å². The smallest absolute Gasteiger partial charge is 0.257 e. The van der Waals surface area contributed by atoms with Gasteiger partial charge in [-0.3, -0.25) is 9.78 Å². The van der Waals surface area contributed by atoms with Gasteiger partial charge in [-0.05, 0) is 30.7 Å². The fourth-order valence-electron chi connectivity index (χ4n) is 3.08. The zero-order valence-corrected chi connectivity index (χ0v) is 12.2. The molecule has 1 aromatic heterocycles. The van der Waals surface area contributed by atoms with Gasteiger partial charge in [-0.1, -0.05) is 0 Å². The van der Waals surface area contributed by atoms with Gasteiger partial charge in [-0.15, -0.1) is 12.4 Å². The van der Waals surface area contributed by atoms with Crippen molar-refractivity contribution in [3.63, 3.8) is 0 Å². The second-order valence-electron chi connectivity index (χ2n) is 5.55. The number of rotatable bonds is 1. The van der Waals surface area contributed by atoms with E-state index < -0.39 is 0 Å². The minimum absolute atomic E-state index is 0. The van der Waals surface area contributed by atoms with Crippen molar-refractivity contribution >= 4 is 24.0 Å². The number of carbonyl (C=O) groups is 1. The molecule has 6 heteroatoms. The Kier molecular flexibility index (Phi) is 4.50. The predicted octanol–water partition coefficient (Wildman–Crippen LogP) is 1.73. The van der Waals surface area contributed by atoms with Crippen LogP contribution >= 0.6 is 12.4 Å². The standard InChI is InChI=1S/C14H19N3O2.ClH/c15-12-1-5-16-9-11(12)13(18)17-6-2-14(10-17)3-7-19-8-4-14;/h1,5,9H,2-4,6-8,10H2,(H2,15,16);1H. The average molecular weight is 298 g/mol. The number of pyridine rings is 1. The molecule has 0 bridgehead atoms. The Balaban J connectivity index is 0.00000147. The summed E-state index contributed by atoms with van der Waals surface area (Å²) in [6.45, 7) is 3.27. The Hall–Kier alpha value is -1.33. The quantitative estimate of drug-likeness (QED) is 0.857. The molecule has 0 aliphatic carbocycles. The van der Waals surface area contributed by atoms with Gasteiger partial charge in [0.25, 0.3) is 5.91 Å². The lowest BCUT2D eigenvalue weighted by Gasteiger charge is -2.33. The van der Waals surface area contributed by atoms with Crippen LogP contribution in [-0.4, -0.2) is 42.1 Å². The third-order valence-electron chi connectivity index (χ3n) is 4.36. The highest BCUT2D eigenvalue weighted by Gasteiger charge is 2.41. The highest BCUT2D eigenvalue weighted by Crippen LogP contribution is 2.40. The molecular weight excluding hydrogens is 278 g/mol. The molecule has 2 saturated heterocycles. The molecule has 0 aromatic carbocycles. The summed E-state index contributed by atoms with van der Waals surface area (Å²) in [4.78, 5) is 18.4. The molecule has 1 spiro atoms. The maximum Gasteiger partial charge on any atom is 0.257 e. The van der Waals surface area contributed by atoms with Crippen LogP contribution in [0, 0.1) is 5.41 Å². The average Bonchev–Trinajstić information content (AvgIpc) is 2.83. The summed E-state index contributed by atoms with van der Waals surface area (Å²) in [5.74, 6) is 0.00830. The van der Waals surface area contributed by atoms with Crippen LogP contribution in [0.5, 0.6) is 0 Å². The van der Waals surface area contributed by atoms with Crippen molar-refractivity contribution in [2.24, 2.45) is 5.41 Å². The molecule has 5 nitrogen and oxygen atoms in total. The van der Waals surface area contributed by atoms with E-state index in [2.05, 4.69) is 4.98 Å². The van der Waals surface area contributed by atoms with E-state index in [-0.39, 0.29) is 23.7 Å². The van der Waals surface area contributed by atoms with Crippen LogP contribution < -0.4 is 5.73 Å². The maximum absolute atomic E-state index is 12.5. The molecule has 0 unspecified atom stereocenters. The number of carbonyl (C=O) groups excluding carboxylic acids is 1. The third-order valence-corrected chi connectivity index (χ3v) is 4.36. The summed E-state index contributed by atoms with van der Waals surface area (Å²) < 4.78 is 5.42. The minimum atomic E-state index is 0. The van der Waals surface area contributed by atoms with Crippen molar-refractivity contribution in [3.05, 3.63) is 24.0 Å². The molecule has 3 heterocycles. The first-order valence-electron chi connectivity index (χ1n) is 6.77. The van der Waals surface area contributed by atoms with E-state index in [1.54, 1.807) is 18.5 Å². The first kappa shape index (κ1) is 15.1. The van der Waals surface area contributed by atoms with Crippen LogP contribution in [0.1, 0.15) is 29.6 Å². The van der Waals surface area contributed by atoms with Gasteiger partial charge < -0.3 is 15.4 Å². The predicted molar refractivity (Wildman–Crippen MR) is 78.9 cm³/mol. The zero-order valence-electron chi connectivity index (χ0n) is 11.4. The lowest BCUT2D eigenvalue weighted by atomic mass is 9.80. The number of nitrogen functional groups attached to an aromatic ring is 1. The maximum atomic E-state index is 12.5. The Morgan fingerprint density at radius 1 is 1.35 bits per heavy atom. The molecule has 20 heavy (non-hydrogen) atoms. The second-order valence-corrected chi connectivity index (χ2v) is 5.55. The van der Waals surface area contributed by atoms with Crippen molar-refractivity contribution in [2.75, 3.05) is 32.0 Å². The lowest BCUT2D eigenvalue weighted by molar-refractivity contribution is 0.0191. The summed E-state index contributed by atoms with van der Waals surface area (Å²) in [7, 11) is 0. The van der Waals surface area contributed by atoms with Crippen molar-refractivity contribution < 1.29 is 9.53 Å². The lowest BCUT2D eigenvalue weighted by Crippen LogP contribution is -2.35. The van der Waals surface area contributed by atoms with Crippen LogP contribution in [0.25, 0.3) is 0 Å². The fourth-order valence-corrected chi connectivity index (χ4v) is 3.08. The van der Waals surface area contributed by atoms with Crippen molar-refractivity contribution in [1.29, 1.82) is 0 Å². The van der Waals surface area contributed by atoms with Gasteiger partial charge >= 0.3 is 0 Å². The van der Waals surface area contributed by atoms with Gasteiger partial charge in [0.2, 0.25) is 0 Å². The summed E-state index contributed by atoms with van der Waals surface area (Å²) in [5.41, 5.74) is 7.15. The van der Waals surface area contributed by atoms with Crippen molar-refractivity contribution in [1.82, 2.24) is 9.88 Å². The Labute approximate surface area is 124 Å². The van der Waals surface area contributed by atoms with E-state index >= 15 is 0 Å². The van der Waals surface area contributed by atoms with Gasteiger partial charge in [-0.25, -0.2) is 0 Å². The molecule has 2 aliphatic rings. The second kappa shape index (κ2) is 5.97. The molecule has 1 aromatic rings.